The van der Waals surface area contributed by atoms with Crippen molar-refractivity contribution in [2.24, 2.45) is 0 Å². The molecule has 0 aromatic rings. The Kier molecular flexibility index (Phi) is 46.3. The van der Waals surface area contributed by atoms with Crippen LogP contribution in [-0.4, -0.2) is 37.2 Å². The Bertz CT molecular complexity index is 900. The van der Waals surface area contributed by atoms with E-state index in [0.717, 1.165) is 64.2 Å². The van der Waals surface area contributed by atoms with Gasteiger partial charge in [0.25, 0.3) is 0 Å². The first-order valence-electron chi connectivity index (χ1n) is 25.7. The lowest BCUT2D eigenvalue weighted by molar-refractivity contribution is -0.167. The minimum Gasteiger partial charge on any atom is -0.462 e. The third-order valence-corrected chi connectivity index (χ3v) is 11.5. The normalized spacial score (nSPS) is 12.0. The van der Waals surface area contributed by atoms with Crippen LogP contribution in [-0.2, 0) is 28.6 Å². The lowest BCUT2D eigenvalue weighted by Gasteiger charge is -2.18. The molecule has 0 aromatic carbocycles. The standard InChI is InChI=1S/C52H98O6/c1-4-7-10-13-16-19-22-25-26-27-28-31-33-36-39-42-45-51(54)57-48-49(58-52(55)46-43-40-37-34-30-24-21-18-15-12-9-6-3)47-56-50(53)44-41-38-35-32-29-23-20-17-14-11-8-5-2/h18,21,49H,4-17,19-20,22-48H2,1-3H3/b21-18-. The maximum absolute atomic E-state index is 12.7. The van der Waals surface area contributed by atoms with E-state index >= 15 is 0 Å². The summed E-state index contributed by atoms with van der Waals surface area (Å²) in [4.78, 5) is 37.9. The topological polar surface area (TPSA) is 78.9 Å². The number of carbonyl (C=O) groups excluding carboxylic acids is 3. The molecule has 1 unspecified atom stereocenters. The van der Waals surface area contributed by atoms with Gasteiger partial charge in [0.2, 0.25) is 0 Å². The Labute approximate surface area is 360 Å². The smallest absolute Gasteiger partial charge is 0.306 e. The van der Waals surface area contributed by atoms with Crippen molar-refractivity contribution in [3.63, 3.8) is 0 Å². The van der Waals surface area contributed by atoms with Gasteiger partial charge in [-0.05, 0) is 44.9 Å². The molecule has 0 aliphatic rings. The summed E-state index contributed by atoms with van der Waals surface area (Å²) in [5, 5.41) is 0. The Balaban J connectivity index is 4.31. The number of carbonyl (C=O) groups is 3. The van der Waals surface area contributed by atoms with E-state index in [9.17, 15) is 14.4 Å². The number of hydrogen-bond donors (Lipinski definition) is 0. The average molecular weight is 819 g/mol. The second kappa shape index (κ2) is 47.8. The molecule has 0 aliphatic carbocycles. The predicted octanol–water partition coefficient (Wildman–Crippen LogP) is 16.6. The lowest BCUT2D eigenvalue weighted by atomic mass is 10.0. The highest BCUT2D eigenvalue weighted by atomic mass is 16.6. The van der Waals surface area contributed by atoms with Gasteiger partial charge in [-0.2, -0.15) is 0 Å². The van der Waals surface area contributed by atoms with Crippen molar-refractivity contribution in [3.8, 4) is 0 Å². The average Bonchev–Trinajstić information content (AvgIpc) is 3.22. The Morgan fingerprint density at radius 3 is 0.897 bits per heavy atom. The lowest BCUT2D eigenvalue weighted by Crippen LogP contribution is -2.30. The zero-order valence-electron chi connectivity index (χ0n) is 39.1. The summed E-state index contributed by atoms with van der Waals surface area (Å²) in [6, 6.07) is 0. The molecular formula is C52H98O6. The Morgan fingerprint density at radius 2 is 0.569 bits per heavy atom. The molecule has 0 fully saturated rings. The molecule has 58 heavy (non-hydrogen) atoms. The third-order valence-electron chi connectivity index (χ3n) is 11.5. The highest BCUT2D eigenvalue weighted by Gasteiger charge is 2.19. The van der Waals surface area contributed by atoms with Gasteiger partial charge in [-0.25, -0.2) is 0 Å². The Morgan fingerprint density at radius 1 is 0.328 bits per heavy atom. The SMILES string of the molecule is CCCCC/C=C\CCCCCCCC(=O)OC(COC(=O)CCCCCCCCCCCCCC)COC(=O)CCCCCCCCCCCCCCCCCC. The van der Waals surface area contributed by atoms with E-state index in [1.807, 2.05) is 0 Å². The second-order valence-electron chi connectivity index (χ2n) is 17.4. The number of hydrogen-bond acceptors (Lipinski definition) is 6. The molecule has 0 saturated heterocycles. The van der Waals surface area contributed by atoms with Gasteiger partial charge in [-0.15, -0.1) is 0 Å². The zero-order chi connectivity index (χ0) is 42.3. The van der Waals surface area contributed by atoms with Crippen LogP contribution in [0.2, 0.25) is 0 Å². The van der Waals surface area contributed by atoms with Crippen molar-refractivity contribution in [3.05, 3.63) is 12.2 Å². The summed E-state index contributed by atoms with van der Waals surface area (Å²) in [5.41, 5.74) is 0. The van der Waals surface area contributed by atoms with E-state index in [-0.39, 0.29) is 31.1 Å². The quantitative estimate of drug-likeness (QED) is 0.0263. The van der Waals surface area contributed by atoms with Gasteiger partial charge in [0.1, 0.15) is 13.2 Å². The maximum Gasteiger partial charge on any atom is 0.306 e. The fourth-order valence-electron chi connectivity index (χ4n) is 7.61. The van der Waals surface area contributed by atoms with Crippen LogP contribution in [0.15, 0.2) is 12.2 Å². The molecule has 0 heterocycles. The largest absolute Gasteiger partial charge is 0.462 e. The molecular weight excluding hydrogens is 721 g/mol. The van der Waals surface area contributed by atoms with Crippen LogP contribution in [0.4, 0.5) is 0 Å². The third kappa shape index (κ3) is 45.2. The minimum atomic E-state index is -0.766. The molecule has 0 amide bonds. The van der Waals surface area contributed by atoms with Crippen LogP contribution in [0, 0.1) is 0 Å². The number of rotatable bonds is 47. The van der Waals surface area contributed by atoms with Gasteiger partial charge in [0.15, 0.2) is 6.10 Å². The number of allylic oxidation sites excluding steroid dienone is 2. The van der Waals surface area contributed by atoms with Gasteiger partial charge >= 0.3 is 17.9 Å². The van der Waals surface area contributed by atoms with Crippen LogP contribution in [0.25, 0.3) is 0 Å². The van der Waals surface area contributed by atoms with Crippen molar-refractivity contribution in [2.45, 2.75) is 290 Å². The molecule has 0 aromatic heterocycles. The molecule has 0 N–H and O–H groups in total. The summed E-state index contributed by atoms with van der Waals surface area (Å²) in [7, 11) is 0. The van der Waals surface area contributed by atoms with Gasteiger partial charge in [0, 0.05) is 19.3 Å². The van der Waals surface area contributed by atoms with Gasteiger partial charge in [-0.3, -0.25) is 14.4 Å². The van der Waals surface area contributed by atoms with Crippen molar-refractivity contribution in [1.82, 2.24) is 0 Å². The van der Waals surface area contributed by atoms with E-state index in [4.69, 9.17) is 14.2 Å². The summed E-state index contributed by atoms with van der Waals surface area (Å²) in [6.07, 6.45) is 51.9. The minimum absolute atomic E-state index is 0.0682. The number of unbranched alkanes of at least 4 members (excludes halogenated alkanes) is 34. The highest BCUT2D eigenvalue weighted by Crippen LogP contribution is 2.16. The first kappa shape index (κ1) is 56.1. The number of ether oxygens (including phenoxy) is 3. The number of esters is 3. The molecule has 0 saturated carbocycles. The van der Waals surface area contributed by atoms with Crippen LogP contribution in [0.5, 0.6) is 0 Å². The molecule has 0 rings (SSSR count). The molecule has 0 spiro atoms. The van der Waals surface area contributed by atoms with Crippen LogP contribution in [0.1, 0.15) is 284 Å². The van der Waals surface area contributed by atoms with E-state index in [1.165, 1.54) is 180 Å². The fourth-order valence-corrected chi connectivity index (χ4v) is 7.61. The monoisotopic (exact) mass is 819 g/mol. The fraction of sp³-hybridized carbons (Fsp3) is 0.904. The first-order valence-corrected chi connectivity index (χ1v) is 25.7. The van der Waals surface area contributed by atoms with E-state index in [0.29, 0.717) is 19.3 Å². The molecule has 0 aliphatic heterocycles. The Hall–Kier alpha value is -1.85. The molecule has 342 valence electrons. The van der Waals surface area contributed by atoms with Crippen molar-refractivity contribution in [2.75, 3.05) is 13.2 Å². The van der Waals surface area contributed by atoms with Crippen LogP contribution in [0.3, 0.4) is 0 Å². The van der Waals surface area contributed by atoms with E-state index < -0.39 is 6.10 Å². The van der Waals surface area contributed by atoms with Gasteiger partial charge in [-0.1, -0.05) is 232 Å². The molecule has 0 radical (unpaired) electrons. The van der Waals surface area contributed by atoms with Crippen molar-refractivity contribution in [1.29, 1.82) is 0 Å². The molecule has 6 heteroatoms. The van der Waals surface area contributed by atoms with E-state index in [1.54, 1.807) is 0 Å². The summed E-state index contributed by atoms with van der Waals surface area (Å²) >= 11 is 0. The summed E-state index contributed by atoms with van der Waals surface area (Å²) in [6.45, 7) is 6.64. The van der Waals surface area contributed by atoms with Gasteiger partial charge < -0.3 is 14.2 Å². The maximum atomic E-state index is 12.7. The summed E-state index contributed by atoms with van der Waals surface area (Å²) < 4.78 is 16.8. The van der Waals surface area contributed by atoms with Crippen molar-refractivity contribution >= 4 is 17.9 Å². The second-order valence-corrected chi connectivity index (χ2v) is 17.4. The highest BCUT2D eigenvalue weighted by molar-refractivity contribution is 5.71. The van der Waals surface area contributed by atoms with Gasteiger partial charge in [0.05, 0.1) is 0 Å². The first-order chi connectivity index (χ1) is 28.5. The predicted molar refractivity (Wildman–Crippen MR) is 247 cm³/mol. The molecule has 6 nitrogen and oxygen atoms in total. The molecule has 1 atom stereocenters. The summed E-state index contributed by atoms with van der Waals surface area (Å²) in [5.74, 6) is -0.862. The van der Waals surface area contributed by atoms with Crippen molar-refractivity contribution < 1.29 is 28.6 Å². The van der Waals surface area contributed by atoms with Crippen LogP contribution < -0.4 is 0 Å². The molecule has 0 bridgehead atoms. The zero-order valence-corrected chi connectivity index (χ0v) is 39.1. The van der Waals surface area contributed by atoms with E-state index in [2.05, 4.69) is 32.9 Å². The van der Waals surface area contributed by atoms with Crippen LogP contribution >= 0.6 is 0 Å².